The Morgan fingerprint density at radius 3 is 2.54 bits per heavy atom. The number of alkyl halides is 5. The molecule has 0 amide bonds. The van der Waals surface area contributed by atoms with Crippen LogP contribution in [-0.2, 0) is 12.7 Å². The maximum absolute atomic E-state index is 12.8. The van der Waals surface area contributed by atoms with Gasteiger partial charge in [0.1, 0.15) is 0 Å². The number of rotatable bonds is 6. The molecule has 0 bridgehead atoms. The molecule has 3 rings (SSSR count). The molecule has 1 aromatic heterocycles. The Hall–Kier alpha value is -3.24. The summed E-state index contributed by atoms with van der Waals surface area (Å²) >= 11 is 0. The van der Waals surface area contributed by atoms with Crippen molar-refractivity contribution in [1.29, 1.82) is 0 Å². The number of hydrogen-bond donors (Lipinski definition) is 0. The van der Waals surface area contributed by atoms with Crippen LogP contribution in [0.25, 0.3) is 11.4 Å². The van der Waals surface area contributed by atoms with E-state index in [1.807, 2.05) is 0 Å². The second-order valence-corrected chi connectivity index (χ2v) is 5.59. The summed E-state index contributed by atoms with van der Waals surface area (Å²) < 4.78 is 72.6. The van der Waals surface area contributed by atoms with E-state index < -0.39 is 18.4 Å². The van der Waals surface area contributed by atoms with Gasteiger partial charge in [-0.05, 0) is 35.0 Å². The summed E-state index contributed by atoms with van der Waals surface area (Å²) in [4.78, 5) is 1.16. The van der Waals surface area contributed by atoms with E-state index >= 15 is 0 Å². The zero-order valence-electron chi connectivity index (χ0n) is 14.3. The molecular weight excluding hydrogens is 387 g/mol. The molecule has 0 unspecified atom stereocenters. The van der Waals surface area contributed by atoms with Gasteiger partial charge < -0.3 is 9.47 Å². The summed E-state index contributed by atoms with van der Waals surface area (Å²) in [5, 5.41) is 11.6. The number of ether oxygens (including phenoxy) is 2. The summed E-state index contributed by atoms with van der Waals surface area (Å²) in [6, 6.07) is 8.86. The van der Waals surface area contributed by atoms with Crippen molar-refractivity contribution in [1.82, 2.24) is 20.2 Å². The molecule has 0 aliphatic carbocycles. The van der Waals surface area contributed by atoms with Crippen LogP contribution in [0, 0.1) is 0 Å². The van der Waals surface area contributed by atoms with Crippen molar-refractivity contribution in [2.75, 3.05) is 7.11 Å². The molecular formula is C17H13F5N4O2. The van der Waals surface area contributed by atoms with Gasteiger partial charge >= 0.3 is 12.8 Å². The highest BCUT2D eigenvalue weighted by Crippen LogP contribution is 2.32. The van der Waals surface area contributed by atoms with E-state index in [2.05, 4.69) is 20.1 Å². The van der Waals surface area contributed by atoms with Crippen LogP contribution in [0.15, 0.2) is 42.5 Å². The van der Waals surface area contributed by atoms with E-state index in [4.69, 9.17) is 4.74 Å². The van der Waals surface area contributed by atoms with Gasteiger partial charge in [0.2, 0.25) is 5.82 Å². The van der Waals surface area contributed by atoms with Gasteiger partial charge in [-0.1, -0.05) is 18.2 Å². The van der Waals surface area contributed by atoms with E-state index in [1.165, 1.54) is 37.4 Å². The molecule has 0 radical (unpaired) electrons. The zero-order valence-corrected chi connectivity index (χ0v) is 14.3. The van der Waals surface area contributed by atoms with E-state index in [9.17, 15) is 22.0 Å². The first-order valence-corrected chi connectivity index (χ1v) is 7.83. The molecule has 28 heavy (non-hydrogen) atoms. The Balaban J connectivity index is 1.80. The molecule has 2 aromatic carbocycles. The molecule has 0 N–H and O–H groups in total. The second-order valence-electron chi connectivity index (χ2n) is 5.59. The number of nitrogens with zero attached hydrogens (tertiary/aromatic N) is 4. The van der Waals surface area contributed by atoms with Crippen molar-refractivity contribution < 1.29 is 31.4 Å². The highest BCUT2D eigenvalue weighted by Gasteiger charge is 2.30. The van der Waals surface area contributed by atoms with Crippen LogP contribution in [0.4, 0.5) is 22.0 Å². The SMILES string of the molecule is COc1cc(Cn2nnc(-c3cccc(C(F)(F)F)c3)n2)ccc1OC(F)F. The molecule has 0 fully saturated rings. The van der Waals surface area contributed by atoms with Gasteiger partial charge in [-0.25, -0.2) is 0 Å². The maximum Gasteiger partial charge on any atom is 0.416 e. The average molecular weight is 400 g/mol. The second kappa shape index (κ2) is 7.79. The molecule has 0 aliphatic rings. The number of methoxy groups -OCH3 is 1. The Morgan fingerprint density at radius 1 is 1.07 bits per heavy atom. The Kier molecular flexibility index (Phi) is 5.43. The fraction of sp³-hybridized carbons (Fsp3) is 0.235. The van der Waals surface area contributed by atoms with Gasteiger partial charge in [-0.2, -0.15) is 26.7 Å². The quantitative estimate of drug-likeness (QED) is 0.585. The van der Waals surface area contributed by atoms with Gasteiger partial charge in [-0.3, -0.25) is 0 Å². The largest absolute Gasteiger partial charge is 0.493 e. The molecule has 148 valence electrons. The van der Waals surface area contributed by atoms with Crippen LogP contribution in [0.3, 0.4) is 0 Å². The highest BCUT2D eigenvalue weighted by molar-refractivity contribution is 5.55. The van der Waals surface area contributed by atoms with Crippen molar-refractivity contribution in [2.24, 2.45) is 0 Å². The number of halogens is 5. The smallest absolute Gasteiger partial charge is 0.416 e. The summed E-state index contributed by atoms with van der Waals surface area (Å²) in [7, 11) is 1.30. The molecule has 6 nitrogen and oxygen atoms in total. The van der Waals surface area contributed by atoms with Crippen LogP contribution < -0.4 is 9.47 Å². The van der Waals surface area contributed by atoms with Crippen LogP contribution in [0.5, 0.6) is 11.5 Å². The lowest BCUT2D eigenvalue weighted by atomic mass is 10.1. The third-order valence-electron chi connectivity index (χ3n) is 3.67. The molecule has 3 aromatic rings. The maximum atomic E-state index is 12.8. The Morgan fingerprint density at radius 2 is 1.86 bits per heavy atom. The molecule has 11 heteroatoms. The molecule has 1 heterocycles. The Labute approximate surface area is 155 Å². The van der Waals surface area contributed by atoms with Gasteiger partial charge in [0.25, 0.3) is 0 Å². The lowest BCUT2D eigenvalue weighted by molar-refractivity contribution is -0.137. The van der Waals surface area contributed by atoms with Gasteiger partial charge in [0, 0.05) is 5.56 Å². The summed E-state index contributed by atoms with van der Waals surface area (Å²) in [5.74, 6) is -0.0100. The monoisotopic (exact) mass is 400 g/mol. The molecule has 0 saturated heterocycles. The normalized spacial score (nSPS) is 11.7. The highest BCUT2D eigenvalue weighted by atomic mass is 19.4. The topological polar surface area (TPSA) is 62.1 Å². The molecule has 0 saturated carbocycles. The van der Waals surface area contributed by atoms with Crippen molar-refractivity contribution >= 4 is 0 Å². The van der Waals surface area contributed by atoms with Crippen LogP contribution in [-0.4, -0.2) is 33.9 Å². The van der Waals surface area contributed by atoms with Gasteiger partial charge in [0.05, 0.1) is 19.2 Å². The Bertz CT molecular complexity index is 959. The predicted molar refractivity (Wildman–Crippen MR) is 87.0 cm³/mol. The third-order valence-corrected chi connectivity index (χ3v) is 3.67. The van der Waals surface area contributed by atoms with Crippen molar-refractivity contribution in [3.63, 3.8) is 0 Å². The summed E-state index contributed by atoms with van der Waals surface area (Å²) in [6.07, 6.45) is -4.48. The van der Waals surface area contributed by atoms with Crippen molar-refractivity contribution in [2.45, 2.75) is 19.3 Å². The number of aromatic nitrogens is 4. The standard InChI is InChI=1S/C17H13F5N4O2/c1-27-14-7-10(5-6-13(14)28-16(18)19)9-26-24-15(23-25-26)11-3-2-4-12(8-11)17(20,21)22/h2-8,16H,9H2,1H3. The first-order chi connectivity index (χ1) is 13.3. The average Bonchev–Trinajstić information content (AvgIpc) is 3.10. The van der Waals surface area contributed by atoms with E-state index in [0.717, 1.165) is 16.9 Å². The first-order valence-electron chi connectivity index (χ1n) is 7.83. The fourth-order valence-corrected chi connectivity index (χ4v) is 2.43. The molecule has 0 aliphatic heterocycles. The van der Waals surface area contributed by atoms with E-state index in [1.54, 1.807) is 0 Å². The van der Waals surface area contributed by atoms with E-state index in [0.29, 0.717) is 5.56 Å². The predicted octanol–water partition coefficient (Wildman–Crippen LogP) is 4.02. The minimum absolute atomic E-state index is 0.0238. The fourth-order valence-electron chi connectivity index (χ4n) is 2.43. The number of hydrogen-bond acceptors (Lipinski definition) is 5. The lowest BCUT2D eigenvalue weighted by Gasteiger charge is -2.11. The van der Waals surface area contributed by atoms with Crippen molar-refractivity contribution in [3.8, 4) is 22.9 Å². The summed E-state index contributed by atoms with van der Waals surface area (Å²) in [6.45, 7) is -2.90. The van der Waals surface area contributed by atoms with Crippen LogP contribution >= 0.6 is 0 Å². The van der Waals surface area contributed by atoms with Crippen LogP contribution in [0.1, 0.15) is 11.1 Å². The zero-order chi connectivity index (χ0) is 20.3. The minimum atomic E-state index is -4.48. The lowest BCUT2D eigenvalue weighted by Crippen LogP contribution is -2.06. The minimum Gasteiger partial charge on any atom is -0.493 e. The summed E-state index contributed by atoms with van der Waals surface area (Å²) in [5.41, 5.74) is -0.0634. The number of tetrazole rings is 1. The van der Waals surface area contributed by atoms with Crippen molar-refractivity contribution in [3.05, 3.63) is 53.6 Å². The van der Waals surface area contributed by atoms with E-state index in [-0.39, 0.29) is 29.4 Å². The van der Waals surface area contributed by atoms with Gasteiger partial charge in [-0.15, -0.1) is 10.2 Å². The molecule has 0 spiro atoms. The number of benzene rings is 2. The van der Waals surface area contributed by atoms with Gasteiger partial charge in [0.15, 0.2) is 11.5 Å². The molecule has 0 atom stereocenters. The first kappa shape index (κ1) is 19.5. The third kappa shape index (κ3) is 4.53. The van der Waals surface area contributed by atoms with Crippen LogP contribution in [0.2, 0.25) is 0 Å².